The van der Waals surface area contributed by atoms with Crippen LogP contribution < -0.4 is 5.32 Å². The third kappa shape index (κ3) is 3.83. The van der Waals surface area contributed by atoms with Gasteiger partial charge in [-0.1, -0.05) is 34.6 Å². The number of nitrogens with one attached hydrogen (secondary N) is 1. The highest BCUT2D eigenvalue weighted by Crippen LogP contribution is 2.23. The van der Waals surface area contributed by atoms with E-state index >= 15 is 0 Å². The van der Waals surface area contributed by atoms with Gasteiger partial charge in [0.15, 0.2) is 0 Å². The highest BCUT2D eigenvalue weighted by molar-refractivity contribution is 5.95. The van der Waals surface area contributed by atoms with Crippen LogP contribution in [-0.4, -0.2) is 23.7 Å². The first-order valence-electron chi connectivity index (χ1n) is 6.68. The van der Waals surface area contributed by atoms with Crippen LogP contribution in [0.1, 0.15) is 62.4 Å². The largest absolute Gasteiger partial charge is 0.465 e. The molecule has 19 heavy (non-hydrogen) atoms. The number of carbonyl (C=O) groups is 1. The monoisotopic (exact) mass is 267 g/mol. The van der Waals surface area contributed by atoms with E-state index < -0.39 is 0 Å². The zero-order valence-electron chi connectivity index (χ0n) is 12.7. The molecule has 4 heteroatoms. The third-order valence-electron chi connectivity index (χ3n) is 3.28. The van der Waals surface area contributed by atoms with Crippen molar-refractivity contribution in [3.63, 3.8) is 0 Å². The summed E-state index contributed by atoms with van der Waals surface area (Å²) in [4.78, 5) is 12.2. The Balaban J connectivity index is 2.89. The van der Waals surface area contributed by atoms with Gasteiger partial charge in [-0.15, -0.1) is 0 Å². The SMILES string of the molecule is Cc1oc(C(C)C)cc1C(=O)NC(CO)C(C)(C)C. The van der Waals surface area contributed by atoms with Crippen LogP contribution in [0.15, 0.2) is 10.5 Å². The number of amides is 1. The predicted molar refractivity (Wildman–Crippen MR) is 75.3 cm³/mol. The van der Waals surface area contributed by atoms with E-state index in [-0.39, 0.29) is 29.9 Å². The zero-order valence-corrected chi connectivity index (χ0v) is 12.7. The number of carbonyl (C=O) groups excluding carboxylic acids is 1. The van der Waals surface area contributed by atoms with Crippen LogP contribution in [-0.2, 0) is 0 Å². The molecule has 0 aliphatic rings. The van der Waals surface area contributed by atoms with Crippen molar-refractivity contribution >= 4 is 5.91 Å². The summed E-state index contributed by atoms with van der Waals surface area (Å²) in [6.07, 6.45) is 0. The summed E-state index contributed by atoms with van der Waals surface area (Å²) >= 11 is 0. The van der Waals surface area contributed by atoms with Gasteiger partial charge in [0.1, 0.15) is 11.5 Å². The quantitative estimate of drug-likeness (QED) is 0.881. The molecular weight excluding hydrogens is 242 g/mol. The molecule has 1 aromatic rings. The first-order valence-corrected chi connectivity index (χ1v) is 6.68. The molecule has 1 atom stereocenters. The van der Waals surface area contributed by atoms with Crippen LogP contribution in [0, 0.1) is 12.3 Å². The number of hydrogen-bond acceptors (Lipinski definition) is 3. The Kier molecular flexibility index (Phi) is 4.80. The first kappa shape index (κ1) is 15.8. The van der Waals surface area contributed by atoms with Crippen LogP contribution in [0.25, 0.3) is 0 Å². The second-order valence-electron chi connectivity index (χ2n) is 6.35. The molecule has 2 N–H and O–H groups in total. The Labute approximate surface area is 115 Å². The Morgan fingerprint density at radius 2 is 2.00 bits per heavy atom. The van der Waals surface area contributed by atoms with Gasteiger partial charge in [-0.05, 0) is 18.4 Å². The van der Waals surface area contributed by atoms with E-state index in [1.807, 2.05) is 34.6 Å². The molecule has 1 amide bonds. The number of aryl methyl sites for hydroxylation is 1. The van der Waals surface area contributed by atoms with Crippen LogP contribution in [0.5, 0.6) is 0 Å². The minimum Gasteiger partial charge on any atom is -0.465 e. The average Bonchev–Trinajstić information content (AvgIpc) is 2.66. The molecule has 1 unspecified atom stereocenters. The minimum atomic E-state index is -0.281. The summed E-state index contributed by atoms with van der Waals surface area (Å²) in [6.45, 7) is 11.7. The summed E-state index contributed by atoms with van der Waals surface area (Å²) in [6, 6.07) is 1.50. The van der Waals surface area contributed by atoms with Crippen LogP contribution >= 0.6 is 0 Å². The van der Waals surface area contributed by atoms with E-state index in [1.165, 1.54) is 0 Å². The molecule has 1 aromatic heterocycles. The van der Waals surface area contributed by atoms with E-state index in [0.29, 0.717) is 11.3 Å². The Bertz CT molecular complexity index is 441. The first-order chi connectivity index (χ1) is 8.66. The zero-order chi connectivity index (χ0) is 14.8. The summed E-state index contributed by atoms with van der Waals surface area (Å²) < 4.78 is 5.57. The van der Waals surface area contributed by atoms with Crippen molar-refractivity contribution in [3.8, 4) is 0 Å². The second kappa shape index (κ2) is 5.78. The molecule has 0 aliphatic heterocycles. The highest BCUT2D eigenvalue weighted by Gasteiger charge is 2.27. The molecular formula is C15H25NO3. The normalized spacial score (nSPS) is 13.7. The summed E-state index contributed by atoms with van der Waals surface area (Å²) in [5, 5.41) is 12.2. The maximum absolute atomic E-state index is 12.2. The van der Waals surface area contributed by atoms with Crippen molar-refractivity contribution in [1.29, 1.82) is 0 Å². The average molecular weight is 267 g/mol. The maximum Gasteiger partial charge on any atom is 0.255 e. The van der Waals surface area contributed by atoms with Gasteiger partial charge in [-0.25, -0.2) is 0 Å². The number of rotatable bonds is 4. The molecule has 0 spiro atoms. The van der Waals surface area contributed by atoms with E-state index in [2.05, 4.69) is 5.32 Å². The summed E-state index contributed by atoms with van der Waals surface area (Å²) in [5.41, 5.74) is 0.356. The van der Waals surface area contributed by atoms with E-state index in [1.54, 1.807) is 13.0 Å². The van der Waals surface area contributed by atoms with Crippen molar-refractivity contribution < 1.29 is 14.3 Å². The summed E-state index contributed by atoms with van der Waals surface area (Å²) in [5.74, 6) is 1.48. The lowest BCUT2D eigenvalue weighted by Gasteiger charge is -2.29. The molecule has 4 nitrogen and oxygen atoms in total. The molecule has 0 aromatic carbocycles. The topological polar surface area (TPSA) is 62.5 Å². The van der Waals surface area contributed by atoms with Gasteiger partial charge in [-0.2, -0.15) is 0 Å². The lowest BCUT2D eigenvalue weighted by Crippen LogP contribution is -2.46. The lowest BCUT2D eigenvalue weighted by atomic mass is 9.87. The van der Waals surface area contributed by atoms with Crippen LogP contribution in [0.3, 0.4) is 0 Å². The minimum absolute atomic E-state index is 0.0802. The Morgan fingerprint density at radius 3 is 2.37 bits per heavy atom. The van der Waals surface area contributed by atoms with Gasteiger partial charge in [0, 0.05) is 5.92 Å². The fourth-order valence-electron chi connectivity index (χ4n) is 1.79. The molecule has 1 rings (SSSR count). The molecule has 0 bridgehead atoms. The number of aliphatic hydroxyl groups excluding tert-OH is 1. The van der Waals surface area contributed by atoms with Gasteiger partial charge >= 0.3 is 0 Å². The molecule has 0 saturated heterocycles. The van der Waals surface area contributed by atoms with Crippen molar-refractivity contribution in [2.75, 3.05) is 6.61 Å². The van der Waals surface area contributed by atoms with Crippen LogP contribution in [0.4, 0.5) is 0 Å². The Morgan fingerprint density at radius 1 is 1.42 bits per heavy atom. The lowest BCUT2D eigenvalue weighted by molar-refractivity contribution is 0.0846. The van der Waals surface area contributed by atoms with Crippen molar-refractivity contribution in [1.82, 2.24) is 5.32 Å². The number of hydrogen-bond donors (Lipinski definition) is 2. The van der Waals surface area contributed by atoms with Gasteiger partial charge < -0.3 is 14.8 Å². The standard InChI is InChI=1S/C15H25NO3/c1-9(2)12-7-11(10(3)19-12)14(18)16-13(8-17)15(4,5)6/h7,9,13,17H,8H2,1-6H3,(H,16,18). The van der Waals surface area contributed by atoms with Gasteiger partial charge in [0.25, 0.3) is 5.91 Å². The van der Waals surface area contributed by atoms with E-state index in [0.717, 1.165) is 5.76 Å². The second-order valence-corrected chi connectivity index (χ2v) is 6.35. The molecule has 0 radical (unpaired) electrons. The van der Waals surface area contributed by atoms with E-state index in [4.69, 9.17) is 4.42 Å². The smallest absolute Gasteiger partial charge is 0.255 e. The van der Waals surface area contributed by atoms with Crippen LogP contribution in [0.2, 0.25) is 0 Å². The third-order valence-corrected chi connectivity index (χ3v) is 3.28. The Hall–Kier alpha value is -1.29. The van der Waals surface area contributed by atoms with Gasteiger partial charge in [-0.3, -0.25) is 4.79 Å². The van der Waals surface area contributed by atoms with E-state index in [9.17, 15) is 9.90 Å². The molecule has 0 saturated carbocycles. The van der Waals surface area contributed by atoms with Crippen molar-refractivity contribution in [3.05, 3.63) is 23.2 Å². The van der Waals surface area contributed by atoms with Gasteiger partial charge in [0.05, 0.1) is 18.2 Å². The summed E-state index contributed by atoms with van der Waals surface area (Å²) in [7, 11) is 0. The maximum atomic E-state index is 12.2. The highest BCUT2D eigenvalue weighted by atomic mass is 16.3. The fourth-order valence-corrected chi connectivity index (χ4v) is 1.79. The molecule has 0 fully saturated rings. The van der Waals surface area contributed by atoms with Crippen molar-refractivity contribution in [2.45, 2.75) is 53.5 Å². The predicted octanol–water partition coefficient (Wildman–Crippen LogP) is 2.85. The molecule has 0 aliphatic carbocycles. The van der Waals surface area contributed by atoms with Crippen molar-refractivity contribution in [2.24, 2.45) is 5.41 Å². The number of aliphatic hydroxyl groups is 1. The number of furan rings is 1. The fraction of sp³-hybridized carbons (Fsp3) is 0.667. The van der Waals surface area contributed by atoms with Gasteiger partial charge in [0.2, 0.25) is 0 Å². The molecule has 108 valence electrons. The molecule has 1 heterocycles.